The molecule has 0 aromatic heterocycles. The van der Waals surface area contributed by atoms with Crippen molar-refractivity contribution in [1.82, 2.24) is 5.32 Å². The van der Waals surface area contributed by atoms with Gasteiger partial charge in [0.1, 0.15) is 6.61 Å². The number of hydrogen-bond acceptors (Lipinski definition) is 3. The van der Waals surface area contributed by atoms with Crippen LogP contribution in [0.1, 0.15) is 19.8 Å². The maximum Gasteiger partial charge on any atom is 0.245 e. The van der Waals surface area contributed by atoms with Gasteiger partial charge in [-0.05, 0) is 6.42 Å². The van der Waals surface area contributed by atoms with Crippen molar-refractivity contribution >= 4 is 5.91 Å². The third kappa shape index (κ3) is 7.50. The van der Waals surface area contributed by atoms with Crippen LogP contribution in [-0.2, 0) is 9.53 Å². The summed E-state index contributed by atoms with van der Waals surface area (Å²) >= 11 is 0. The molecule has 4 heteroatoms. The van der Waals surface area contributed by atoms with Gasteiger partial charge in [0.05, 0.1) is 13.2 Å². The molecule has 12 heavy (non-hydrogen) atoms. The number of nitrogens with one attached hydrogen (secondary N) is 1. The van der Waals surface area contributed by atoms with Crippen LogP contribution in [0.4, 0.5) is 0 Å². The number of ether oxygens (including phenoxy) is 1. The number of aliphatic hydroxyl groups is 1. The van der Waals surface area contributed by atoms with Gasteiger partial charge in [0.15, 0.2) is 0 Å². The van der Waals surface area contributed by atoms with Gasteiger partial charge in [0.25, 0.3) is 0 Å². The van der Waals surface area contributed by atoms with Gasteiger partial charge in [0.2, 0.25) is 5.91 Å². The van der Waals surface area contributed by atoms with Gasteiger partial charge in [0, 0.05) is 6.54 Å². The fourth-order valence-electron chi connectivity index (χ4n) is 0.685. The van der Waals surface area contributed by atoms with Gasteiger partial charge < -0.3 is 15.2 Å². The zero-order valence-corrected chi connectivity index (χ0v) is 7.51. The van der Waals surface area contributed by atoms with Gasteiger partial charge in [-0.2, -0.15) is 0 Å². The maximum absolute atomic E-state index is 10.9. The monoisotopic (exact) mass is 175 g/mol. The minimum absolute atomic E-state index is 0.0394. The molecule has 0 unspecified atom stereocenters. The summed E-state index contributed by atoms with van der Waals surface area (Å²) in [6.07, 6.45) is 2.06. The Hall–Kier alpha value is -0.610. The Kier molecular flexibility index (Phi) is 8.05. The van der Waals surface area contributed by atoms with E-state index in [-0.39, 0.29) is 25.7 Å². The first-order valence-electron chi connectivity index (χ1n) is 4.26. The predicted octanol–water partition coefficient (Wildman–Crippen LogP) is -0.0884. The molecule has 4 nitrogen and oxygen atoms in total. The zero-order chi connectivity index (χ0) is 9.23. The van der Waals surface area contributed by atoms with Gasteiger partial charge in [-0.15, -0.1) is 0 Å². The topological polar surface area (TPSA) is 58.6 Å². The van der Waals surface area contributed by atoms with Gasteiger partial charge in [-0.1, -0.05) is 13.3 Å². The summed E-state index contributed by atoms with van der Waals surface area (Å²) in [6.45, 7) is 3.00. The average molecular weight is 175 g/mol. The Bertz CT molecular complexity index is 105. The number of carbonyl (C=O) groups is 1. The van der Waals surface area contributed by atoms with E-state index in [0.29, 0.717) is 6.54 Å². The van der Waals surface area contributed by atoms with E-state index in [1.807, 2.05) is 0 Å². The van der Waals surface area contributed by atoms with Crippen molar-refractivity contribution in [3.63, 3.8) is 0 Å². The lowest BCUT2D eigenvalue weighted by Crippen LogP contribution is -2.28. The summed E-state index contributed by atoms with van der Waals surface area (Å²) in [6, 6.07) is 0. The fraction of sp³-hybridized carbons (Fsp3) is 0.875. The van der Waals surface area contributed by atoms with Crippen molar-refractivity contribution in [2.45, 2.75) is 19.8 Å². The Balaban J connectivity index is 3.10. The molecule has 0 spiro atoms. The first-order valence-corrected chi connectivity index (χ1v) is 4.26. The van der Waals surface area contributed by atoms with Crippen molar-refractivity contribution in [3.05, 3.63) is 0 Å². The van der Waals surface area contributed by atoms with Crippen LogP contribution in [0, 0.1) is 0 Å². The molecule has 0 aliphatic carbocycles. The molecule has 0 atom stereocenters. The molecule has 0 aliphatic rings. The molecule has 0 aliphatic heterocycles. The van der Waals surface area contributed by atoms with Gasteiger partial charge in [-0.3, -0.25) is 4.79 Å². The largest absolute Gasteiger partial charge is 0.394 e. The summed E-state index contributed by atoms with van der Waals surface area (Å²) in [5.74, 6) is -0.114. The fourth-order valence-corrected chi connectivity index (χ4v) is 0.685. The van der Waals surface area contributed by atoms with Crippen LogP contribution in [0.5, 0.6) is 0 Å². The first kappa shape index (κ1) is 11.4. The number of carbonyl (C=O) groups excluding carboxylic acids is 1. The second-order valence-corrected chi connectivity index (χ2v) is 2.48. The Morgan fingerprint density at radius 1 is 1.58 bits per heavy atom. The van der Waals surface area contributed by atoms with Crippen LogP contribution < -0.4 is 5.32 Å². The molecule has 0 radical (unpaired) electrons. The highest BCUT2D eigenvalue weighted by Crippen LogP contribution is 1.82. The lowest BCUT2D eigenvalue weighted by molar-refractivity contribution is -0.125. The molecule has 0 bridgehead atoms. The SMILES string of the molecule is CCCCNC(=O)COCCO. The number of amides is 1. The van der Waals surface area contributed by atoms with E-state index in [1.165, 1.54) is 0 Å². The molecule has 0 rings (SSSR count). The van der Waals surface area contributed by atoms with E-state index in [4.69, 9.17) is 9.84 Å². The van der Waals surface area contributed by atoms with Gasteiger partial charge in [-0.25, -0.2) is 0 Å². The van der Waals surface area contributed by atoms with E-state index in [9.17, 15) is 4.79 Å². The van der Waals surface area contributed by atoms with Crippen LogP contribution in [0.15, 0.2) is 0 Å². The molecule has 0 aromatic rings. The number of unbranched alkanes of at least 4 members (excludes halogenated alkanes) is 1. The van der Waals surface area contributed by atoms with Crippen LogP contribution in [-0.4, -0.2) is 37.4 Å². The quantitative estimate of drug-likeness (QED) is 0.532. The summed E-state index contributed by atoms with van der Waals surface area (Å²) in [5, 5.41) is 11.0. The van der Waals surface area contributed by atoms with E-state index in [1.54, 1.807) is 0 Å². The van der Waals surface area contributed by atoms with Crippen molar-refractivity contribution < 1.29 is 14.6 Å². The van der Waals surface area contributed by atoms with Gasteiger partial charge >= 0.3 is 0 Å². The molecule has 0 heterocycles. The average Bonchev–Trinajstić information content (AvgIpc) is 2.06. The Labute approximate surface area is 72.9 Å². The van der Waals surface area contributed by atoms with Crippen LogP contribution in [0.2, 0.25) is 0 Å². The highest BCUT2D eigenvalue weighted by molar-refractivity contribution is 5.77. The molecule has 0 fully saturated rings. The smallest absolute Gasteiger partial charge is 0.245 e. The number of rotatable bonds is 7. The second-order valence-electron chi connectivity index (χ2n) is 2.48. The minimum atomic E-state index is -0.114. The first-order chi connectivity index (χ1) is 5.81. The van der Waals surface area contributed by atoms with E-state index in [2.05, 4.69) is 12.2 Å². The van der Waals surface area contributed by atoms with E-state index >= 15 is 0 Å². The third-order valence-corrected chi connectivity index (χ3v) is 1.32. The number of aliphatic hydroxyl groups excluding tert-OH is 1. The van der Waals surface area contributed by atoms with Crippen molar-refractivity contribution in [2.24, 2.45) is 0 Å². The van der Waals surface area contributed by atoms with Crippen LogP contribution in [0.25, 0.3) is 0 Å². The molecule has 0 saturated heterocycles. The highest BCUT2D eigenvalue weighted by atomic mass is 16.5. The van der Waals surface area contributed by atoms with E-state index in [0.717, 1.165) is 12.8 Å². The Morgan fingerprint density at radius 2 is 2.33 bits per heavy atom. The van der Waals surface area contributed by atoms with Crippen molar-refractivity contribution in [3.8, 4) is 0 Å². The van der Waals surface area contributed by atoms with Crippen LogP contribution in [0.3, 0.4) is 0 Å². The standard InChI is InChI=1S/C8H17NO3/c1-2-3-4-9-8(11)7-12-6-5-10/h10H,2-7H2,1H3,(H,9,11). The maximum atomic E-state index is 10.9. The van der Waals surface area contributed by atoms with Crippen molar-refractivity contribution in [2.75, 3.05) is 26.4 Å². The zero-order valence-electron chi connectivity index (χ0n) is 7.51. The normalized spacial score (nSPS) is 9.83. The molecular formula is C8H17NO3. The third-order valence-electron chi connectivity index (χ3n) is 1.32. The molecule has 2 N–H and O–H groups in total. The lowest BCUT2D eigenvalue weighted by Gasteiger charge is -2.03. The summed E-state index contributed by atoms with van der Waals surface area (Å²) in [5.41, 5.74) is 0. The second kappa shape index (κ2) is 8.49. The summed E-state index contributed by atoms with van der Waals surface area (Å²) < 4.78 is 4.81. The minimum Gasteiger partial charge on any atom is -0.394 e. The molecule has 0 saturated carbocycles. The molecule has 72 valence electrons. The number of hydrogen-bond donors (Lipinski definition) is 2. The van der Waals surface area contributed by atoms with E-state index < -0.39 is 0 Å². The predicted molar refractivity (Wildman–Crippen MR) is 45.8 cm³/mol. The molecular weight excluding hydrogens is 158 g/mol. The summed E-state index contributed by atoms with van der Waals surface area (Å²) in [7, 11) is 0. The highest BCUT2D eigenvalue weighted by Gasteiger charge is 1.98. The Morgan fingerprint density at radius 3 is 2.92 bits per heavy atom. The summed E-state index contributed by atoms with van der Waals surface area (Å²) in [4.78, 5) is 10.9. The molecule has 0 aromatic carbocycles. The lowest BCUT2D eigenvalue weighted by atomic mass is 10.3. The van der Waals surface area contributed by atoms with Crippen molar-refractivity contribution in [1.29, 1.82) is 0 Å². The molecule has 1 amide bonds. The van der Waals surface area contributed by atoms with Crippen LogP contribution >= 0.6 is 0 Å².